The van der Waals surface area contributed by atoms with Crippen molar-refractivity contribution in [3.8, 4) is 0 Å². The summed E-state index contributed by atoms with van der Waals surface area (Å²) in [4.78, 5) is 23.8. The first kappa shape index (κ1) is 12.9. The number of nitrogens with one attached hydrogen (secondary N) is 1. The van der Waals surface area contributed by atoms with E-state index < -0.39 is 6.04 Å². The van der Waals surface area contributed by atoms with E-state index in [2.05, 4.69) is 5.32 Å². The molecule has 0 radical (unpaired) electrons. The van der Waals surface area contributed by atoms with Crippen LogP contribution in [0.4, 0.5) is 0 Å². The number of hydrogen-bond acceptors (Lipinski definition) is 3. The minimum atomic E-state index is -0.454. The molecule has 0 heterocycles. The molecule has 0 bridgehead atoms. The normalized spacial score (nSPS) is 12.0. The van der Waals surface area contributed by atoms with Gasteiger partial charge in [-0.2, -0.15) is 0 Å². The predicted octanol–water partition coefficient (Wildman–Crippen LogP) is -0.682. The van der Waals surface area contributed by atoms with Crippen molar-refractivity contribution in [3.63, 3.8) is 0 Å². The number of nitrogens with zero attached hydrogens (tertiary/aromatic N) is 1. The van der Waals surface area contributed by atoms with Gasteiger partial charge in [-0.1, -0.05) is 6.92 Å². The van der Waals surface area contributed by atoms with Gasteiger partial charge in [0, 0.05) is 27.1 Å². The maximum absolute atomic E-state index is 11.4. The summed E-state index contributed by atoms with van der Waals surface area (Å²) in [6.45, 7) is 2.27. The fraction of sp³-hybridized carbons (Fsp3) is 0.778. The standard InChI is InChI=1S/C9H19N3O2/c1-4-7(10)9(14)12(3)6-5-8(13)11-2/h7H,4-6,10H2,1-3H3,(H,11,13)/t7-/m0/s1. The minimum Gasteiger partial charge on any atom is -0.359 e. The largest absolute Gasteiger partial charge is 0.359 e. The van der Waals surface area contributed by atoms with Crippen molar-refractivity contribution in [1.82, 2.24) is 10.2 Å². The van der Waals surface area contributed by atoms with E-state index in [1.54, 1.807) is 14.1 Å². The summed E-state index contributed by atoms with van der Waals surface area (Å²) in [5.41, 5.74) is 5.56. The van der Waals surface area contributed by atoms with Crippen LogP contribution >= 0.6 is 0 Å². The van der Waals surface area contributed by atoms with Crippen LogP contribution in [0.15, 0.2) is 0 Å². The maximum atomic E-state index is 11.4. The Bertz CT molecular complexity index is 206. The van der Waals surface area contributed by atoms with E-state index in [0.29, 0.717) is 19.4 Å². The molecule has 0 aliphatic heterocycles. The van der Waals surface area contributed by atoms with E-state index in [9.17, 15) is 9.59 Å². The number of nitrogens with two attached hydrogens (primary N) is 1. The average Bonchev–Trinajstić information content (AvgIpc) is 2.22. The van der Waals surface area contributed by atoms with Gasteiger partial charge in [-0.3, -0.25) is 9.59 Å². The van der Waals surface area contributed by atoms with Gasteiger partial charge in [0.05, 0.1) is 6.04 Å². The van der Waals surface area contributed by atoms with Crippen molar-refractivity contribution in [2.24, 2.45) is 5.73 Å². The van der Waals surface area contributed by atoms with Crippen LogP contribution in [-0.2, 0) is 9.59 Å². The topological polar surface area (TPSA) is 75.4 Å². The molecule has 0 aliphatic rings. The summed E-state index contributed by atoms with van der Waals surface area (Å²) in [5, 5.41) is 2.49. The second-order valence-electron chi connectivity index (χ2n) is 3.20. The summed E-state index contributed by atoms with van der Waals surface area (Å²) in [6.07, 6.45) is 0.929. The van der Waals surface area contributed by atoms with Gasteiger partial charge < -0.3 is 16.0 Å². The van der Waals surface area contributed by atoms with E-state index in [1.165, 1.54) is 4.90 Å². The fourth-order valence-corrected chi connectivity index (χ4v) is 0.962. The fourth-order valence-electron chi connectivity index (χ4n) is 0.962. The summed E-state index contributed by atoms with van der Waals surface area (Å²) in [7, 11) is 3.22. The molecule has 5 nitrogen and oxygen atoms in total. The molecule has 0 spiro atoms. The molecule has 3 N–H and O–H groups in total. The lowest BCUT2D eigenvalue weighted by atomic mass is 10.2. The molecule has 0 aromatic rings. The minimum absolute atomic E-state index is 0.0743. The van der Waals surface area contributed by atoms with Gasteiger partial charge in [0.25, 0.3) is 0 Å². The zero-order chi connectivity index (χ0) is 11.1. The molecule has 0 aromatic carbocycles. The second-order valence-corrected chi connectivity index (χ2v) is 3.20. The van der Waals surface area contributed by atoms with Gasteiger partial charge >= 0.3 is 0 Å². The number of carbonyl (C=O) groups excluding carboxylic acids is 2. The average molecular weight is 201 g/mol. The molecular formula is C9H19N3O2. The van der Waals surface area contributed by atoms with E-state index in [4.69, 9.17) is 5.73 Å². The second kappa shape index (κ2) is 6.37. The lowest BCUT2D eigenvalue weighted by Gasteiger charge is -2.19. The van der Waals surface area contributed by atoms with Crippen LogP contribution in [0.5, 0.6) is 0 Å². The molecule has 82 valence electrons. The van der Waals surface area contributed by atoms with Gasteiger partial charge in [0.1, 0.15) is 0 Å². The molecule has 0 rings (SSSR count). The molecule has 2 amide bonds. The molecule has 0 saturated heterocycles. The Balaban J connectivity index is 3.90. The number of likely N-dealkylation sites (N-methyl/N-ethyl adjacent to an activating group) is 1. The number of amides is 2. The zero-order valence-corrected chi connectivity index (χ0v) is 9.04. The number of carbonyl (C=O) groups is 2. The molecule has 14 heavy (non-hydrogen) atoms. The summed E-state index contributed by atoms with van der Waals surface area (Å²) >= 11 is 0. The Kier molecular flexibility index (Phi) is 5.87. The first-order chi connectivity index (χ1) is 6.52. The van der Waals surface area contributed by atoms with Gasteiger partial charge in [-0.25, -0.2) is 0 Å². The summed E-state index contributed by atoms with van der Waals surface area (Å²) in [6, 6.07) is -0.454. The quantitative estimate of drug-likeness (QED) is 0.618. The van der Waals surface area contributed by atoms with Crippen LogP contribution in [0.2, 0.25) is 0 Å². The Morgan fingerprint density at radius 3 is 2.50 bits per heavy atom. The van der Waals surface area contributed by atoms with Crippen LogP contribution in [-0.4, -0.2) is 43.4 Å². The van der Waals surface area contributed by atoms with E-state index in [-0.39, 0.29) is 11.8 Å². The molecule has 0 fully saturated rings. The highest BCUT2D eigenvalue weighted by Crippen LogP contribution is 1.95. The SMILES string of the molecule is CC[C@H](N)C(=O)N(C)CCC(=O)NC. The van der Waals surface area contributed by atoms with E-state index >= 15 is 0 Å². The highest BCUT2D eigenvalue weighted by molar-refractivity contribution is 5.82. The maximum Gasteiger partial charge on any atom is 0.239 e. The van der Waals surface area contributed by atoms with Crippen LogP contribution < -0.4 is 11.1 Å². The first-order valence-corrected chi connectivity index (χ1v) is 4.74. The van der Waals surface area contributed by atoms with Crippen molar-refractivity contribution in [2.75, 3.05) is 20.6 Å². The monoisotopic (exact) mass is 201 g/mol. The molecule has 1 atom stereocenters. The van der Waals surface area contributed by atoms with Crippen LogP contribution in [0.25, 0.3) is 0 Å². The van der Waals surface area contributed by atoms with E-state index in [0.717, 1.165) is 0 Å². The van der Waals surface area contributed by atoms with Crippen molar-refractivity contribution in [3.05, 3.63) is 0 Å². The molecule has 0 unspecified atom stereocenters. The zero-order valence-electron chi connectivity index (χ0n) is 9.04. The lowest BCUT2D eigenvalue weighted by molar-refractivity contribution is -0.131. The highest BCUT2D eigenvalue weighted by atomic mass is 16.2. The molecule has 0 aliphatic carbocycles. The van der Waals surface area contributed by atoms with Gasteiger partial charge in [-0.05, 0) is 6.42 Å². The van der Waals surface area contributed by atoms with Crippen LogP contribution in [0.3, 0.4) is 0 Å². The lowest BCUT2D eigenvalue weighted by Crippen LogP contribution is -2.42. The van der Waals surface area contributed by atoms with Crippen molar-refractivity contribution in [2.45, 2.75) is 25.8 Å². The number of rotatable bonds is 5. The molecule has 0 aromatic heterocycles. The van der Waals surface area contributed by atoms with Crippen molar-refractivity contribution in [1.29, 1.82) is 0 Å². The smallest absolute Gasteiger partial charge is 0.239 e. The van der Waals surface area contributed by atoms with Crippen molar-refractivity contribution >= 4 is 11.8 Å². The van der Waals surface area contributed by atoms with Gasteiger partial charge in [-0.15, -0.1) is 0 Å². The highest BCUT2D eigenvalue weighted by Gasteiger charge is 2.16. The third-order valence-corrected chi connectivity index (χ3v) is 2.09. The first-order valence-electron chi connectivity index (χ1n) is 4.74. The Morgan fingerprint density at radius 2 is 2.07 bits per heavy atom. The van der Waals surface area contributed by atoms with Gasteiger partial charge in [0.15, 0.2) is 0 Å². The van der Waals surface area contributed by atoms with Gasteiger partial charge in [0.2, 0.25) is 11.8 Å². The third-order valence-electron chi connectivity index (χ3n) is 2.09. The summed E-state index contributed by atoms with van der Waals surface area (Å²) < 4.78 is 0. The Labute approximate surface area is 84.6 Å². The van der Waals surface area contributed by atoms with Crippen LogP contribution in [0.1, 0.15) is 19.8 Å². The predicted molar refractivity (Wildman–Crippen MR) is 54.6 cm³/mol. The van der Waals surface area contributed by atoms with E-state index in [1.807, 2.05) is 6.92 Å². The Morgan fingerprint density at radius 1 is 1.50 bits per heavy atom. The summed E-state index contributed by atoms with van der Waals surface area (Å²) in [5.74, 6) is -0.189. The van der Waals surface area contributed by atoms with Crippen molar-refractivity contribution < 1.29 is 9.59 Å². The molecule has 5 heteroatoms. The molecule has 0 saturated carbocycles. The molecular weight excluding hydrogens is 182 g/mol. The van der Waals surface area contributed by atoms with Crippen LogP contribution in [0, 0.1) is 0 Å². The Hall–Kier alpha value is -1.10. The number of hydrogen-bond donors (Lipinski definition) is 2. The third kappa shape index (κ3) is 4.23.